The van der Waals surface area contributed by atoms with Gasteiger partial charge in [-0.1, -0.05) is 0 Å². The van der Waals surface area contributed by atoms with Crippen LogP contribution in [0.25, 0.3) is 0 Å². The standard InChI is InChI=1S/C17H19NO2S/c1-11(2)20-13-8-12(9-18-10-13)17(19)15-4-3-5-16-14(15)6-7-21-16/h6-11,15H,3-5H2,1-2H3. The van der Waals surface area contributed by atoms with Crippen molar-refractivity contribution in [1.29, 1.82) is 0 Å². The summed E-state index contributed by atoms with van der Waals surface area (Å²) < 4.78 is 5.63. The molecule has 0 amide bonds. The van der Waals surface area contributed by atoms with Crippen LogP contribution in [0.2, 0.25) is 0 Å². The van der Waals surface area contributed by atoms with E-state index >= 15 is 0 Å². The van der Waals surface area contributed by atoms with Gasteiger partial charge in [0.2, 0.25) is 0 Å². The fraction of sp³-hybridized carbons (Fsp3) is 0.412. The number of carbonyl (C=O) groups excluding carboxylic acids is 1. The molecule has 0 spiro atoms. The summed E-state index contributed by atoms with van der Waals surface area (Å²) in [5.41, 5.74) is 1.86. The van der Waals surface area contributed by atoms with Gasteiger partial charge in [0.15, 0.2) is 5.78 Å². The topological polar surface area (TPSA) is 39.2 Å². The summed E-state index contributed by atoms with van der Waals surface area (Å²) >= 11 is 1.76. The van der Waals surface area contributed by atoms with Crippen molar-refractivity contribution in [2.75, 3.05) is 0 Å². The lowest BCUT2D eigenvalue weighted by Gasteiger charge is -2.21. The van der Waals surface area contributed by atoms with E-state index < -0.39 is 0 Å². The Morgan fingerprint density at radius 1 is 1.43 bits per heavy atom. The van der Waals surface area contributed by atoms with E-state index in [1.54, 1.807) is 23.7 Å². The quantitative estimate of drug-likeness (QED) is 0.793. The highest BCUT2D eigenvalue weighted by Gasteiger charge is 2.28. The molecule has 2 heterocycles. The highest BCUT2D eigenvalue weighted by Crippen LogP contribution is 2.37. The minimum atomic E-state index is -0.0175. The number of hydrogen-bond acceptors (Lipinski definition) is 4. The van der Waals surface area contributed by atoms with Crippen LogP contribution in [0.4, 0.5) is 0 Å². The molecular weight excluding hydrogens is 282 g/mol. The SMILES string of the molecule is CC(C)Oc1cncc(C(=O)C2CCCc3sccc32)c1. The van der Waals surface area contributed by atoms with Crippen LogP contribution in [-0.2, 0) is 6.42 Å². The van der Waals surface area contributed by atoms with Crippen molar-refractivity contribution in [3.05, 3.63) is 45.9 Å². The second-order valence-electron chi connectivity index (χ2n) is 5.68. The Hall–Kier alpha value is -1.68. The lowest BCUT2D eigenvalue weighted by Crippen LogP contribution is -2.17. The number of aromatic nitrogens is 1. The fourth-order valence-electron chi connectivity index (χ4n) is 2.85. The van der Waals surface area contributed by atoms with E-state index in [9.17, 15) is 4.79 Å². The Kier molecular flexibility index (Phi) is 4.06. The van der Waals surface area contributed by atoms with Gasteiger partial charge in [-0.3, -0.25) is 9.78 Å². The maximum atomic E-state index is 12.8. The normalized spacial score (nSPS) is 17.6. The number of pyridine rings is 1. The molecule has 3 rings (SSSR count). The van der Waals surface area contributed by atoms with Crippen LogP contribution >= 0.6 is 11.3 Å². The molecule has 1 unspecified atom stereocenters. The van der Waals surface area contributed by atoms with Crippen LogP contribution in [0.15, 0.2) is 29.9 Å². The van der Waals surface area contributed by atoms with Gasteiger partial charge in [0.1, 0.15) is 5.75 Å². The Labute approximate surface area is 129 Å². The van der Waals surface area contributed by atoms with Gasteiger partial charge in [-0.25, -0.2) is 0 Å². The summed E-state index contributed by atoms with van der Waals surface area (Å²) in [5.74, 6) is 0.810. The number of Topliss-reactive ketones (excluding diaryl/α,β-unsaturated/α-hetero) is 1. The predicted molar refractivity (Wildman–Crippen MR) is 84.3 cm³/mol. The van der Waals surface area contributed by atoms with Gasteiger partial charge in [0, 0.05) is 22.6 Å². The lowest BCUT2D eigenvalue weighted by molar-refractivity contribution is 0.0950. The maximum Gasteiger partial charge on any atom is 0.172 e. The first-order chi connectivity index (χ1) is 10.1. The molecule has 0 radical (unpaired) electrons. The average molecular weight is 301 g/mol. The zero-order chi connectivity index (χ0) is 14.8. The van der Waals surface area contributed by atoms with Crippen LogP contribution in [0.3, 0.4) is 0 Å². The van der Waals surface area contributed by atoms with Crippen LogP contribution < -0.4 is 4.74 Å². The summed E-state index contributed by atoms with van der Waals surface area (Å²) in [4.78, 5) is 18.3. The number of ketones is 1. The first-order valence-corrected chi connectivity index (χ1v) is 8.25. The molecule has 0 aliphatic heterocycles. The zero-order valence-electron chi connectivity index (χ0n) is 12.3. The summed E-state index contributed by atoms with van der Waals surface area (Å²) in [7, 11) is 0. The van der Waals surface area contributed by atoms with E-state index in [1.165, 1.54) is 10.4 Å². The van der Waals surface area contributed by atoms with Gasteiger partial charge in [0.25, 0.3) is 0 Å². The van der Waals surface area contributed by atoms with Crippen LogP contribution in [-0.4, -0.2) is 16.9 Å². The molecule has 1 aliphatic rings. The number of carbonyl (C=O) groups is 1. The lowest BCUT2D eigenvalue weighted by atomic mass is 9.83. The first kappa shape index (κ1) is 14.3. The Morgan fingerprint density at radius 2 is 2.29 bits per heavy atom. The molecule has 3 nitrogen and oxygen atoms in total. The second-order valence-corrected chi connectivity index (χ2v) is 6.68. The third-order valence-electron chi connectivity index (χ3n) is 3.74. The molecule has 21 heavy (non-hydrogen) atoms. The van der Waals surface area contributed by atoms with Crippen molar-refractivity contribution in [2.24, 2.45) is 0 Å². The molecule has 1 aliphatic carbocycles. The monoisotopic (exact) mass is 301 g/mol. The van der Waals surface area contributed by atoms with Gasteiger partial charge in [-0.15, -0.1) is 11.3 Å². The fourth-order valence-corrected chi connectivity index (χ4v) is 3.84. The van der Waals surface area contributed by atoms with E-state index in [4.69, 9.17) is 4.74 Å². The summed E-state index contributed by atoms with van der Waals surface area (Å²) in [6.45, 7) is 3.93. The molecule has 110 valence electrons. The van der Waals surface area contributed by atoms with E-state index in [-0.39, 0.29) is 17.8 Å². The smallest absolute Gasteiger partial charge is 0.172 e. The average Bonchev–Trinajstić information content (AvgIpc) is 2.94. The highest BCUT2D eigenvalue weighted by molar-refractivity contribution is 7.10. The third-order valence-corrected chi connectivity index (χ3v) is 4.73. The number of hydrogen-bond donors (Lipinski definition) is 0. The second kappa shape index (κ2) is 5.98. The Bertz CT molecular complexity index is 648. The molecule has 0 aromatic carbocycles. The van der Waals surface area contributed by atoms with E-state index in [0.29, 0.717) is 11.3 Å². The van der Waals surface area contributed by atoms with E-state index in [2.05, 4.69) is 16.4 Å². The van der Waals surface area contributed by atoms with Crippen LogP contribution in [0, 0.1) is 0 Å². The Balaban J connectivity index is 1.86. The van der Waals surface area contributed by atoms with Crippen LogP contribution in [0.5, 0.6) is 5.75 Å². The molecular formula is C17H19NO2S. The van der Waals surface area contributed by atoms with Gasteiger partial charge in [0.05, 0.1) is 12.3 Å². The van der Waals surface area contributed by atoms with Gasteiger partial charge in [-0.2, -0.15) is 0 Å². The molecule has 1 atom stereocenters. The number of ether oxygens (including phenoxy) is 1. The van der Waals surface area contributed by atoms with Crippen molar-refractivity contribution in [2.45, 2.75) is 45.1 Å². The third kappa shape index (κ3) is 3.00. The van der Waals surface area contributed by atoms with Crippen molar-refractivity contribution in [3.63, 3.8) is 0 Å². The number of nitrogens with zero attached hydrogens (tertiary/aromatic N) is 1. The molecule has 2 aromatic rings. The van der Waals surface area contributed by atoms with Crippen molar-refractivity contribution in [3.8, 4) is 5.75 Å². The molecule has 2 aromatic heterocycles. The largest absolute Gasteiger partial charge is 0.489 e. The molecule has 0 bridgehead atoms. The maximum absolute atomic E-state index is 12.8. The van der Waals surface area contributed by atoms with Gasteiger partial charge in [-0.05, 0) is 56.2 Å². The summed E-state index contributed by atoms with van der Waals surface area (Å²) in [5, 5.41) is 2.09. The van der Waals surface area contributed by atoms with Crippen LogP contribution in [0.1, 0.15) is 53.4 Å². The molecule has 0 saturated heterocycles. The van der Waals surface area contributed by atoms with Crippen molar-refractivity contribution >= 4 is 17.1 Å². The predicted octanol–water partition coefficient (Wildman–Crippen LogP) is 4.23. The summed E-state index contributed by atoms with van der Waals surface area (Å²) in [6, 6.07) is 3.92. The number of fused-ring (bicyclic) bond motifs is 1. The molecule has 0 N–H and O–H groups in total. The number of rotatable bonds is 4. The van der Waals surface area contributed by atoms with Crippen molar-refractivity contribution < 1.29 is 9.53 Å². The Morgan fingerprint density at radius 3 is 3.10 bits per heavy atom. The van der Waals surface area contributed by atoms with Gasteiger partial charge < -0.3 is 4.74 Å². The summed E-state index contributed by atoms with van der Waals surface area (Å²) in [6.07, 6.45) is 6.50. The number of thiophene rings is 1. The molecule has 4 heteroatoms. The van der Waals surface area contributed by atoms with Gasteiger partial charge >= 0.3 is 0 Å². The van der Waals surface area contributed by atoms with E-state index in [1.807, 2.05) is 19.9 Å². The zero-order valence-corrected chi connectivity index (χ0v) is 13.2. The molecule has 0 fully saturated rings. The first-order valence-electron chi connectivity index (χ1n) is 7.37. The molecule has 0 saturated carbocycles. The van der Waals surface area contributed by atoms with Crippen molar-refractivity contribution in [1.82, 2.24) is 4.98 Å². The highest BCUT2D eigenvalue weighted by atomic mass is 32.1. The minimum Gasteiger partial charge on any atom is -0.489 e. The minimum absolute atomic E-state index is 0.0175. The van der Waals surface area contributed by atoms with E-state index in [0.717, 1.165) is 19.3 Å². The number of aryl methyl sites for hydroxylation is 1.